The first-order valence-corrected chi connectivity index (χ1v) is 11.1. The zero-order valence-electron chi connectivity index (χ0n) is 20.4. The van der Waals surface area contributed by atoms with Crippen LogP contribution in [0.5, 0.6) is 0 Å². The zero-order chi connectivity index (χ0) is 24.5. The number of aliphatic hydroxyl groups excluding tert-OH is 1. The topological polar surface area (TPSA) is 108 Å². The molecule has 0 saturated heterocycles. The molecule has 0 saturated carbocycles. The van der Waals surface area contributed by atoms with Crippen molar-refractivity contribution in [2.75, 3.05) is 19.7 Å². The van der Waals surface area contributed by atoms with E-state index >= 15 is 0 Å². The predicted octanol–water partition coefficient (Wildman–Crippen LogP) is 2.99. The predicted molar refractivity (Wildman–Crippen MR) is 124 cm³/mol. The molecule has 3 amide bonds. The molecule has 8 nitrogen and oxygen atoms in total. The van der Waals surface area contributed by atoms with Gasteiger partial charge in [-0.05, 0) is 59.1 Å². The Balaban J connectivity index is 3.21. The summed E-state index contributed by atoms with van der Waals surface area (Å²) in [7, 11) is 0. The molecule has 180 valence electrons. The van der Waals surface area contributed by atoms with E-state index in [-0.39, 0.29) is 31.6 Å². The van der Waals surface area contributed by atoms with E-state index < -0.39 is 23.6 Å². The van der Waals surface area contributed by atoms with Gasteiger partial charge in [0.15, 0.2) is 0 Å². The molecule has 0 fully saturated rings. The number of nitrogens with zero attached hydrogens (tertiary/aromatic N) is 1. The van der Waals surface area contributed by atoms with Gasteiger partial charge in [-0.25, -0.2) is 4.79 Å². The fourth-order valence-corrected chi connectivity index (χ4v) is 3.48. The Hall–Kier alpha value is -2.61. The van der Waals surface area contributed by atoms with Crippen molar-refractivity contribution in [3.8, 4) is 0 Å². The van der Waals surface area contributed by atoms with E-state index in [1.165, 1.54) is 4.90 Å². The lowest BCUT2D eigenvalue weighted by Crippen LogP contribution is -2.50. The molecule has 0 bridgehead atoms. The number of carbonyl (C=O) groups excluding carboxylic acids is 3. The SMILES string of the molecule is CCCC(C)NC(=O)C(c1ccc(C)cc1C)N(CCO)C(=O)CNC(=O)OC(C)(C)C. The van der Waals surface area contributed by atoms with Gasteiger partial charge in [-0.2, -0.15) is 0 Å². The highest BCUT2D eigenvalue weighted by Gasteiger charge is 2.33. The molecule has 2 unspecified atom stereocenters. The van der Waals surface area contributed by atoms with Crippen LogP contribution in [0, 0.1) is 13.8 Å². The highest BCUT2D eigenvalue weighted by atomic mass is 16.6. The van der Waals surface area contributed by atoms with Gasteiger partial charge in [0.1, 0.15) is 18.2 Å². The van der Waals surface area contributed by atoms with Crippen molar-refractivity contribution in [3.05, 3.63) is 34.9 Å². The monoisotopic (exact) mass is 449 g/mol. The minimum absolute atomic E-state index is 0.0532. The molecule has 0 spiro atoms. The molecule has 0 aliphatic carbocycles. The van der Waals surface area contributed by atoms with Gasteiger partial charge in [0.25, 0.3) is 0 Å². The van der Waals surface area contributed by atoms with Crippen molar-refractivity contribution < 1.29 is 24.2 Å². The van der Waals surface area contributed by atoms with Crippen LogP contribution in [0.1, 0.15) is 70.2 Å². The molecular weight excluding hydrogens is 410 g/mol. The number of hydrogen-bond acceptors (Lipinski definition) is 5. The standard InChI is InChI=1S/C24H39N3O5/c1-8-9-18(4)26-22(30)21(19-11-10-16(2)14-17(19)3)27(12-13-28)20(29)15-25-23(31)32-24(5,6)7/h10-11,14,18,21,28H,8-9,12-13,15H2,1-7H3,(H,25,31)(H,26,30). The van der Waals surface area contributed by atoms with E-state index in [0.29, 0.717) is 5.56 Å². The van der Waals surface area contributed by atoms with Gasteiger partial charge in [-0.15, -0.1) is 0 Å². The van der Waals surface area contributed by atoms with Gasteiger partial charge in [0, 0.05) is 12.6 Å². The van der Waals surface area contributed by atoms with Crippen LogP contribution in [0.2, 0.25) is 0 Å². The maximum atomic E-state index is 13.3. The number of amides is 3. The van der Waals surface area contributed by atoms with Gasteiger partial charge >= 0.3 is 6.09 Å². The van der Waals surface area contributed by atoms with E-state index in [0.717, 1.165) is 24.0 Å². The molecule has 32 heavy (non-hydrogen) atoms. The molecule has 1 aromatic rings. The summed E-state index contributed by atoms with van der Waals surface area (Å²) in [5.74, 6) is -0.815. The second kappa shape index (κ2) is 12.4. The minimum Gasteiger partial charge on any atom is -0.444 e. The van der Waals surface area contributed by atoms with Crippen LogP contribution < -0.4 is 10.6 Å². The number of ether oxygens (including phenoxy) is 1. The molecule has 0 aromatic heterocycles. The summed E-state index contributed by atoms with van der Waals surface area (Å²) in [5.41, 5.74) is 1.88. The number of carbonyl (C=O) groups is 3. The molecule has 0 aliphatic rings. The summed E-state index contributed by atoms with van der Waals surface area (Å²) >= 11 is 0. The Kier molecular flexibility index (Phi) is 10.7. The highest BCUT2D eigenvalue weighted by molar-refractivity contribution is 5.90. The Morgan fingerprint density at radius 1 is 1.19 bits per heavy atom. The lowest BCUT2D eigenvalue weighted by atomic mass is 9.96. The van der Waals surface area contributed by atoms with Crippen molar-refractivity contribution in [1.82, 2.24) is 15.5 Å². The first-order chi connectivity index (χ1) is 14.9. The van der Waals surface area contributed by atoms with Gasteiger partial charge < -0.3 is 25.4 Å². The van der Waals surface area contributed by atoms with E-state index in [4.69, 9.17) is 4.74 Å². The number of aliphatic hydroxyl groups is 1. The summed E-state index contributed by atoms with van der Waals surface area (Å²) in [5, 5.41) is 15.1. The molecule has 0 heterocycles. The van der Waals surface area contributed by atoms with Gasteiger partial charge in [0.2, 0.25) is 11.8 Å². The molecule has 1 aromatic carbocycles. The van der Waals surface area contributed by atoms with Gasteiger partial charge in [0.05, 0.1) is 6.61 Å². The van der Waals surface area contributed by atoms with Crippen LogP contribution in [-0.2, 0) is 14.3 Å². The maximum absolute atomic E-state index is 13.3. The van der Waals surface area contributed by atoms with Crippen molar-refractivity contribution in [3.63, 3.8) is 0 Å². The van der Waals surface area contributed by atoms with E-state index in [1.54, 1.807) is 20.8 Å². The molecule has 8 heteroatoms. The van der Waals surface area contributed by atoms with E-state index in [2.05, 4.69) is 10.6 Å². The van der Waals surface area contributed by atoms with Gasteiger partial charge in [-0.3, -0.25) is 9.59 Å². The molecular formula is C24H39N3O5. The van der Waals surface area contributed by atoms with Crippen molar-refractivity contribution in [1.29, 1.82) is 0 Å². The van der Waals surface area contributed by atoms with Crippen LogP contribution in [-0.4, -0.2) is 59.3 Å². The highest BCUT2D eigenvalue weighted by Crippen LogP contribution is 2.26. The number of alkyl carbamates (subject to hydrolysis) is 1. The lowest BCUT2D eigenvalue weighted by Gasteiger charge is -2.33. The third-order valence-corrected chi connectivity index (χ3v) is 4.83. The first kappa shape index (κ1) is 27.4. The number of nitrogens with one attached hydrogen (secondary N) is 2. The second-order valence-corrected chi connectivity index (χ2v) is 9.13. The molecule has 3 N–H and O–H groups in total. The summed E-state index contributed by atoms with van der Waals surface area (Å²) < 4.78 is 5.18. The summed E-state index contributed by atoms with van der Waals surface area (Å²) in [6.07, 6.45) is 0.993. The van der Waals surface area contributed by atoms with E-state index in [1.807, 2.05) is 45.9 Å². The van der Waals surface area contributed by atoms with Gasteiger partial charge in [-0.1, -0.05) is 37.1 Å². The largest absolute Gasteiger partial charge is 0.444 e. The number of aryl methyl sites for hydroxylation is 2. The van der Waals surface area contributed by atoms with Crippen LogP contribution in [0.4, 0.5) is 4.79 Å². The molecule has 0 radical (unpaired) electrons. The summed E-state index contributed by atoms with van der Waals surface area (Å²) in [6, 6.07) is 4.67. The van der Waals surface area contributed by atoms with Crippen molar-refractivity contribution >= 4 is 17.9 Å². The lowest BCUT2D eigenvalue weighted by molar-refractivity contribution is -0.141. The Morgan fingerprint density at radius 3 is 2.38 bits per heavy atom. The molecule has 1 rings (SSSR count). The summed E-state index contributed by atoms with van der Waals surface area (Å²) in [6.45, 7) is 12.2. The molecule has 2 atom stereocenters. The fraction of sp³-hybridized carbons (Fsp3) is 0.625. The average molecular weight is 450 g/mol. The quantitative estimate of drug-likeness (QED) is 0.509. The Labute approximate surface area is 191 Å². The Morgan fingerprint density at radius 2 is 1.84 bits per heavy atom. The summed E-state index contributed by atoms with van der Waals surface area (Å²) in [4.78, 5) is 39.7. The second-order valence-electron chi connectivity index (χ2n) is 9.13. The average Bonchev–Trinajstić information content (AvgIpc) is 2.66. The first-order valence-electron chi connectivity index (χ1n) is 11.1. The Bertz CT molecular complexity index is 788. The number of rotatable bonds is 10. The normalized spacial score (nSPS) is 13.1. The van der Waals surface area contributed by atoms with E-state index in [9.17, 15) is 19.5 Å². The van der Waals surface area contributed by atoms with Crippen LogP contribution in [0.15, 0.2) is 18.2 Å². The third-order valence-electron chi connectivity index (χ3n) is 4.83. The zero-order valence-corrected chi connectivity index (χ0v) is 20.4. The van der Waals surface area contributed by atoms with Crippen molar-refractivity contribution in [2.45, 2.75) is 79.0 Å². The van der Waals surface area contributed by atoms with Crippen LogP contribution in [0.3, 0.4) is 0 Å². The maximum Gasteiger partial charge on any atom is 0.408 e. The number of benzene rings is 1. The fourth-order valence-electron chi connectivity index (χ4n) is 3.48. The third kappa shape index (κ3) is 8.86. The number of hydrogen-bond donors (Lipinski definition) is 3. The minimum atomic E-state index is -0.935. The molecule has 0 aliphatic heterocycles. The smallest absolute Gasteiger partial charge is 0.408 e. The van der Waals surface area contributed by atoms with Crippen LogP contribution in [0.25, 0.3) is 0 Å². The van der Waals surface area contributed by atoms with Crippen molar-refractivity contribution in [2.24, 2.45) is 0 Å². The van der Waals surface area contributed by atoms with Crippen LogP contribution >= 0.6 is 0 Å².